The second-order valence-electron chi connectivity index (χ2n) is 13.4. The maximum Gasteiger partial charge on any atom is 0.303 e. The van der Waals surface area contributed by atoms with E-state index in [0.29, 0.717) is 13.0 Å². The lowest BCUT2D eigenvalue weighted by Crippen LogP contribution is -2.28. The molecule has 6 rings (SSSR count). The third-order valence-electron chi connectivity index (χ3n) is 9.61. The summed E-state index contributed by atoms with van der Waals surface area (Å²) in [7, 11) is -4.37. The molecule has 0 spiro atoms. The number of hydrogen-bond acceptors (Lipinski definition) is 4. The monoisotopic (exact) mass is 649 g/mol. The predicted molar refractivity (Wildman–Crippen MR) is 188 cm³/mol. The highest BCUT2D eigenvalue weighted by Crippen LogP contribution is 2.53. The molecule has 0 saturated carbocycles. The molecule has 0 aromatic heterocycles. The highest BCUT2D eigenvalue weighted by atomic mass is 32.2. The van der Waals surface area contributed by atoms with Crippen LogP contribution in [0.3, 0.4) is 0 Å². The van der Waals surface area contributed by atoms with Crippen LogP contribution in [-0.2, 0) is 25.7 Å². The second-order valence-corrected chi connectivity index (χ2v) is 14.8. The average molecular weight is 650 g/mol. The lowest BCUT2D eigenvalue weighted by molar-refractivity contribution is -0.438. The summed E-state index contributed by atoms with van der Waals surface area (Å²) in [5.74, 6) is -0.798. The standard InChI is InChI=1S/C39H40N2O5S/c1-38(2)31-26-29(47(44,45)46)22-24-32(31)40(25-12-6-9-20-36(42)43)34(38)18-13-19-35-39(3,4)37-30-17-11-10-14-27(30)21-23-33(37)41(35)28-15-7-5-8-16-28/h5,7-8,10-11,13-19,21-24,26H,6,9,12,20,25H2,1-4H3,(H-,42,43,44,45,46)/p+1. The molecule has 2 aliphatic rings. The highest BCUT2D eigenvalue weighted by molar-refractivity contribution is 7.85. The molecule has 0 unspecified atom stereocenters. The summed E-state index contributed by atoms with van der Waals surface area (Å²) in [6.07, 6.45) is 8.65. The van der Waals surface area contributed by atoms with Crippen molar-refractivity contribution in [3.05, 3.63) is 120 Å². The Bertz CT molecular complexity index is 2080. The number of carboxylic acids is 1. The summed E-state index contributed by atoms with van der Waals surface area (Å²) in [6.45, 7) is 9.31. The van der Waals surface area contributed by atoms with E-state index in [2.05, 4.69) is 116 Å². The number of carboxylic acid groups (broad SMARTS) is 1. The molecule has 2 aliphatic heterocycles. The molecule has 0 radical (unpaired) electrons. The van der Waals surface area contributed by atoms with Gasteiger partial charge in [-0.1, -0.05) is 68.5 Å². The fraction of sp³-hybridized carbons (Fsp3) is 0.282. The number of benzene rings is 4. The lowest BCUT2D eigenvalue weighted by Gasteiger charge is -2.27. The number of hydrogen-bond donors (Lipinski definition) is 2. The zero-order valence-corrected chi connectivity index (χ0v) is 28.1. The number of allylic oxidation sites excluding steroid dienone is 4. The van der Waals surface area contributed by atoms with Crippen molar-refractivity contribution in [3.8, 4) is 0 Å². The van der Waals surface area contributed by atoms with Crippen molar-refractivity contribution in [2.24, 2.45) is 0 Å². The molecule has 2 heterocycles. The van der Waals surface area contributed by atoms with Crippen LogP contribution in [0.25, 0.3) is 10.8 Å². The average Bonchev–Trinajstić information content (AvgIpc) is 3.39. The Morgan fingerprint density at radius 3 is 2.32 bits per heavy atom. The smallest absolute Gasteiger partial charge is 0.303 e. The topological polar surface area (TPSA) is 97.9 Å². The van der Waals surface area contributed by atoms with E-state index in [9.17, 15) is 17.8 Å². The number of para-hydroxylation sites is 1. The molecule has 0 atom stereocenters. The summed E-state index contributed by atoms with van der Waals surface area (Å²) in [5.41, 5.74) is 6.47. The van der Waals surface area contributed by atoms with E-state index in [1.54, 1.807) is 12.1 Å². The third-order valence-corrected chi connectivity index (χ3v) is 10.5. The van der Waals surface area contributed by atoms with Gasteiger partial charge in [0.05, 0.1) is 16.0 Å². The molecule has 0 saturated heterocycles. The highest BCUT2D eigenvalue weighted by Gasteiger charge is 2.45. The Labute approximate surface area is 276 Å². The molecule has 4 aromatic rings. The maximum absolute atomic E-state index is 12.1. The van der Waals surface area contributed by atoms with Gasteiger partial charge in [-0.25, -0.2) is 0 Å². The molecule has 0 bridgehead atoms. The molecule has 4 aromatic carbocycles. The van der Waals surface area contributed by atoms with Gasteiger partial charge in [0.15, 0.2) is 5.71 Å². The number of rotatable bonds is 10. The maximum atomic E-state index is 12.1. The molecule has 0 fully saturated rings. The van der Waals surface area contributed by atoms with Crippen LogP contribution in [0.5, 0.6) is 0 Å². The van der Waals surface area contributed by atoms with Gasteiger partial charge in [0, 0.05) is 47.3 Å². The third kappa shape index (κ3) is 5.92. The van der Waals surface area contributed by atoms with Crippen LogP contribution >= 0.6 is 0 Å². The van der Waals surface area contributed by atoms with Crippen molar-refractivity contribution < 1.29 is 27.4 Å². The number of aliphatic carboxylic acids is 1. The van der Waals surface area contributed by atoms with E-state index in [-0.39, 0.29) is 16.7 Å². The number of nitrogens with zero attached hydrogens (tertiary/aromatic N) is 2. The van der Waals surface area contributed by atoms with E-state index in [1.807, 2.05) is 6.07 Å². The quantitative estimate of drug-likeness (QED) is 0.101. The van der Waals surface area contributed by atoms with Crippen molar-refractivity contribution >= 4 is 49.6 Å². The molecular weight excluding hydrogens is 609 g/mol. The largest absolute Gasteiger partial charge is 0.481 e. The summed E-state index contributed by atoms with van der Waals surface area (Å²) in [6, 6.07) is 28.1. The summed E-state index contributed by atoms with van der Waals surface area (Å²) in [4.78, 5) is 13.3. The van der Waals surface area contributed by atoms with Gasteiger partial charge >= 0.3 is 5.97 Å². The van der Waals surface area contributed by atoms with Crippen LogP contribution in [-0.4, -0.2) is 40.9 Å². The van der Waals surface area contributed by atoms with Crippen molar-refractivity contribution in [1.29, 1.82) is 0 Å². The van der Waals surface area contributed by atoms with Crippen molar-refractivity contribution in [3.63, 3.8) is 0 Å². The van der Waals surface area contributed by atoms with Gasteiger partial charge in [-0.15, -0.1) is 0 Å². The van der Waals surface area contributed by atoms with Crippen LogP contribution in [0.15, 0.2) is 114 Å². The molecule has 2 N–H and O–H groups in total. The van der Waals surface area contributed by atoms with Gasteiger partial charge in [0.1, 0.15) is 6.54 Å². The summed E-state index contributed by atoms with van der Waals surface area (Å²) < 4.78 is 36.2. The van der Waals surface area contributed by atoms with E-state index in [0.717, 1.165) is 46.9 Å². The van der Waals surface area contributed by atoms with Gasteiger partial charge in [-0.05, 0) is 79.4 Å². The van der Waals surface area contributed by atoms with Gasteiger partial charge < -0.3 is 10.0 Å². The van der Waals surface area contributed by atoms with Crippen LogP contribution in [0.4, 0.5) is 17.1 Å². The minimum atomic E-state index is -4.37. The van der Waals surface area contributed by atoms with E-state index < -0.39 is 21.5 Å². The molecular formula is C39H41N2O5S+. The van der Waals surface area contributed by atoms with Crippen molar-refractivity contribution in [2.75, 3.05) is 11.4 Å². The van der Waals surface area contributed by atoms with Gasteiger partial charge in [0.25, 0.3) is 10.1 Å². The minimum Gasteiger partial charge on any atom is -0.481 e. The van der Waals surface area contributed by atoms with Gasteiger partial charge in [0.2, 0.25) is 5.69 Å². The number of carbonyl (C=O) groups is 1. The Morgan fingerprint density at radius 2 is 1.60 bits per heavy atom. The molecule has 7 nitrogen and oxygen atoms in total. The molecule has 8 heteroatoms. The zero-order chi connectivity index (χ0) is 33.6. The van der Waals surface area contributed by atoms with Gasteiger partial charge in [-0.3, -0.25) is 9.35 Å². The Balaban J connectivity index is 1.44. The summed E-state index contributed by atoms with van der Waals surface area (Å²) in [5, 5.41) is 11.5. The number of anilines is 2. The fourth-order valence-electron chi connectivity index (χ4n) is 7.29. The van der Waals surface area contributed by atoms with Crippen molar-refractivity contribution in [1.82, 2.24) is 0 Å². The minimum absolute atomic E-state index is 0.130. The van der Waals surface area contributed by atoms with E-state index >= 15 is 0 Å². The van der Waals surface area contributed by atoms with Crippen LogP contribution in [0, 0.1) is 0 Å². The van der Waals surface area contributed by atoms with Crippen LogP contribution < -0.4 is 4.90 Å². The first-order chi connectivity index (χ1) is 22.3. The van der Waals surface area contributed by atoms with E-state index in [1.165, 1.54) is 22.4 Å². The fourth-order valence-corrected chi connectivity index (χ4v) is 7.79. The first-order valence-corrected chi connectivity index (χ1v) is 17.5. The SMILES string of the molecule is CC1(C)C(/C=C/C=C2/N(c3ccccc3)c3ccc4ccccc4c3C2(C)C)=[N+](CCCCCC(=O)O)c2ccc(S(=O)(=O)O)cc21. The molecule has 0 amide bonds. The first kappa shape index (κ1) is 32.4. The Hall–Kier alpha value is -4.53. The predicted octanol–water partition coefficient (Wildman–Crippen LogP) is 8.68. The molecule has 47 heavy (non-hydrogen) atoms. The molecule has 242 valence electrons. The number of fused-ring (bicyclic) bond motifs is 4. The van der Waals surface area contributed by atoms with Crippen molar-refractivity contribution in [2.45, 2.75) is 69.1 Å². The Kier molecular flexibility index (Phi) is 8.45. The molecule has 0 aliphatic carbocycles. The summed E-state index contributed by atoms with van der Waals surface area (Å²) >= 11 is 0. The van der Waals surface area contributed by atoms with Crippen LogP contribution in [0.1, 0.15) is 64.5 Å². The lowest BCUT2D eigenvalue weighted by atomic mass is 9.80. The van der Waals surface area contributed by atoms with Gasteiger partial charge in [-0.2, -0.15) is 13.0 Å². The normalized spacial score (nSPS) is 17.6. The first-order valence-electron chi connectivity index (χ1n) is 16.1. The second kappa shape index (κ2) is 12.2. The Morgan fingerprint density at radius 1 is 0.872 bits per heavy atom. The van der Waals surface area contributed by atoms with Crippen LogP contribution in [0.2, 0.25) is 0 Å². The van der Waals surface area contributed by atoms with E-state index in [4.69, 9.17) is 5.11 Å². The zero-order valence-electron chi connectivity index (χ0n) is 27.3. The number of unbranched alkanes of at least 4 members (excludes halogenated alkanes) is 2.